The van der Waals surface area contributed by atoms with E-state index in [1.54, 1.807) is 19.1 Å². The number of halogens is 3. The first-order valence-corrected chi connectivity index (χ1v) is 10.2. The summed E-state index contributed by atoms with van der Waals surface area (Å²) in [7, 11) is -4.07. The van der Waals surface area contributed by atoms with Gasteiger partial charge in [-0.25, -0.2) is 13.4 Å². The Morgan fingerprint density at radius 1 is 1.07 bits per heavy atom. The van der Waals surface area contributed by atoms with Gasteiger partial charge in [-0.05, 0) is 43.7 Å². The maximum Gasteiger partial charge on any atom is 0.416 e. The van der Waals surface area contributed by atoms with E-state index in [2.05, 4.69) is 9.71 Å². The molecule has 1 N–H and O–H groups in total. The van der Waals surface area contributed by atoms with Crippen LogP contribution in [0.25, 0.3) is 11.3 Å². The Morgan fingerprint density at radius 3 is 2.44 bits per heavy atom. The van der Waals surface area contributed by atoms with Crippen molar-refractivity contribution in [1.82, 2.24) is 4.98 Å². The van der Waals surface area contributed by atoms with Crippen molar-refractivity contribution in [3.05, 3.63) is 64.0 Å². The molecule has 1 aromatic heterocycles. The van der Waals surface area contributed by atoms with Crippen molar-refractivity contribution < 1.29 is 21.6 Å². The average Bonchev–Trinajstić information content (AvgIpc) is 3.00. The van der Waals surface area contributed by atoms with E-state index < -0.39 is 21.8 Å². The van der Waals surface area contributed by atoms with Gasteiger partial charge in [0.15, 0.2) is 0 Å². The normalized spacial score (nSPS) is 12.2. The number of alkyl halides is 3. The first kappa shape index (κ1) is 19.4. The summed E-state index contributed by atoms with van der Waals surface area (Å²) in [6, 6.07) is 8.95. The molecule has 0 aliphatic carbocycles. The Kier molecular flexibility index (Phi) is 5.00. The predicted molar refractivity (Wildman–Crippen MR) is 99.3 cm³/mol. The highest BCUT2D eigenvalue weighted by Gasteiger charge is 2.31. The minimum absolute atomic E-state index is 0.0111. The van der Waals surface area contributed by atoms with Crippen LogP contribution in [0.1, 0.15) is 16.1 Å². The van der Waals surface area contributed by atoms with Crippen molar-refractivity contribution in [3.8, 4) is 11.3 Å². The first-order chi connectivity index (χ1) is 12.6. The van der Waals surface area contributed by atoms with Crippen molar-refractivity contribution >= 4 is 27.0 Å². The fraction of sp³-hybridized carbons (Fsp3) is 0.167. The third-order valence-electron chi connectivity index (χ3n) is 3.83. The molecule has 4 nitrogen and oxygen atoms in total. The van der Waals surface area contributed by atoms with Gasteiger partial charge < -0.3 is 0 Å². The molecule has 3 aromatic rings. The zero-order valence-corrected chi connectivity index (χ0v) is 16.0. The van der Waals surface area contributed by atoms with Crippen molar-refractivity contribution in [3.63, 3.8) is 0 Å². The van der Waals surface area contributed by atoms with Crippen LogP contribution in [-0.2, 0) is 16.2 Å². The molecule has 0 saturated heterocycles. The Bertz CT molecular complexity index is 1090. The summed E-state index contributed by atoms with van der Waals surface area (Å²) >= 11 is 1.44. The number of aryl methyl sites for hydroxylation is 2. The van der Waals surface area contributed by atoms with E-state index in [0.717, 1.165) is 23.2 Å². The zero-order valence-electron chi connectivity index (χ0n) is 14.3. The molecule has 27 heavy (non-hydrogen) atoms. The number of thiazole rings is 1. The van der Waals surface area contributed by atoms with Crippen molar-refractivity contribution in [2.45, 2.75) is 24.9 Å². The maximum atomic E-state index is 12.8. The summed E-state index contributed by atoms with van der Waals surface area (Å²) in [4.78, 5) is 4.32. The van der Waals surface area contributed by atoms with Crippen LogP contribution in [0, 0.1) is 13.8 Å². The summed E-state index contributed by atoms with van der Waals surface area (Å²) in [6.45, 7) is 3.46. The van der Waals surface area contributed by atoms with E-state index in [1.807, 2.05) is 12.3 Å². The van der Waals surface area contributed by atoms with Crippen LogP contribution in [0.15, 0.2) is 52.7 Å². The lowest BCUT2D eigenvalue weighted by atomic mass is 10.1. The molecule has 0 fully saturated rings. The second-order valence-electron chi connectivity index (χ2n) is 5.92. The fourth-order valence-corrected chi connectivity index (χ4v) is 4.46. The summed E-state index contributed by atoms with van der Waals surface area (Å²) < 4.78 is 66.3. The molecule has 1 heterocycles. The number of rotatable bonds is 4. The number of nitrogens with one attached hydrogen (secondary N) is 1. The fourth-order valence-electron chi connectivity index (χ4n) is 2.51. The van der Waals surface area contributed by atoms with Gasteiger partial charge in [0.2, 0.25) is 0 Å². The maximum absolute atomic E-state index is 12.8. The Labute approximate surface area is 158 Å². The average molecular weight is 412 g/mol. The van der Waals surface area contributed by atoms with Crippen molar-refractivity contribution in [2.75, 3.05) is 4.72 Å². The topological polar surface area (TPSA) is 59.1 Å². The number of sulfonamides is 1. The molecule has 0 unspecified atom stereocenters. The number of hydrogen-bond donors (Lipinski definition) is 1. The molecule has 0 aliphatic heterocycles. The largest absolute Gasteiger partial charge is 0.416 e. The van der Waals surface area contributed by atoms with E-state index in [4.69, 9.17) is 0 Å². The molecular weight excluding hydrogens is 397 g/mol. The van der Waals surface area contributed by atoms with Crippen LogP contribution in [0.5, 0.6) is 0 Å². The van der Waals surface area contributed by atoms with Gasteiger partial charge in [0.05, 0.1) is 21.2 Å². The minimum Gasteiger partial charge on any atom is -0.280 e. The van der Waals surface area contributed by atoms with Crippen molar-refractivity contribution in [1.29, 1.82) is 0 Å². The van der Waals surface area contributed by atoms with Gasteiger partial charge in [-0.1, -0.05) is 18.2 Å². The molecule has 2 aromatic carbocycles. The van der Waals surface area contributed by atoms with Crippen LogP contribution >= 0.6 is 11.3 Å². The Hall–Kier alpha value is -2.39. The number of nitrogens with zero attached hydrogens (tertiary/aromatic N) is 1. The lowest BCUT2D eigenvalue weighted by Crippen LogP contribution is -2.15. The SMILES string of the molecule is Cc1nc(-c2ccc(C)c(S(=O)(=O)Nc3cccc(C(F)(F)F)c3)c2)cs1. The van der Waals surface area contributed by atoms with Gasteiger partial charge >= 0.3 is 6.18 Å². The molecule has 142 valence electrons. The van der Waals surface area contributed by atoms with Gasteiger partial charge in [0.1, 0.15) is 0 Å². The summed E-state index contributed by atoms with van der Waals surface area (Å²) in [5.74, 6) is 0. The number of hydrogen-bond acceptors (Lipinski definition) is 4. The quantitative estimate of drug-likeness (QED) is 0.637. The first-order valence-electron chi connectivity index (χ1n) is 7.79. The molecule has 0 aliphatic rings. The molecular formula is C18H15F3N2O2S2. The highest BCUT2D eigenvalue weighted by molar-refractivity contribution is 7.92. The summed E-state index contributed by atoms with van der Waals surface area (Å²) in [5, 5.41) is 2.66. The van der Waals surface area contributed by atoms with Gasteiger partial charge in [0, 0.05) is 16.6 Å². The van der Waals surface area contributed by atoms with Gasteiger partial charge in [0.25, 0.3) is 10.0 Å². The van der Waals surface area contributed by atoms with E-state index in [9.17, 15) is 21.6 Å². The van der Waals surface area contributed by atoms with Crippen LogP contribution in [0.2, 0.25) is 0 Å². The molecule has 0 radical (unpaired) electrons. The zero-order chi connectivity index (χ0) is 19.8. The minimum atomic E-state index is -4.56. The predicted octanol–water partition coefficient (Wildman–Crippen LogP) is 5.25. The second kappa shape index (κ2) is 6.97. The van der Waals surface area contributed by atoms with E-state index >= 15 is 0 Å². The number of aromatic nitrogens is 1. The smallest absolute Gasteiger partial charge is 0.280 e. The third-order valence-corrected chi connectivity index (χ3v) is 6.13. The third kappa shape index (κ3) is 4.30. The van der Waals surface area contributed by atoms with Crippen LogP contribution in [-0.4, -0.2) is 13.4 Å². The van der Waals surface area contributed by atoms with Crippen LogP contribution in [0.4, 0.5) is 18.9 Å². The molecule has 3 rings (SSSR count). The molecule has 0 bridgehead atoms. The lowest BCUT2D eigenvalue weighted by Gasteiger charge is -2.13. The molecule has 0 amide bonds. The van der Waals surface area contributed by atoms with E-state index in [0.29, 0.717) is 16.8 Å². The highest BCUT2D eigenvalue weighted by atomic mass is 32.2. The Morgan fingerprint density at radius 2 is 1.81 bits per heavy atom. The lowest BCUT2D eigenvalue weighted by molar-refractivity contribution is -0.137. The van der Waals surface area contributed by atoms with E-state index in [1.165, 1.54) is 23.5 Å². The summed E-state index contributed by atoms with van der Waals surface area (Å²) in [5.41, 5.74) is 0.665. The van der Waals surface area contributed by atoms with Crippen molar-refractivity contribution in [2.24, 2.45) is 0 Å². The van der Waals surface area contributed by atoms with E-state index in [-0.39, 0.29) is 10.6 Å². The Balaban J connectivity index is 1.98. The van der Waals surface area contributed by atoms with Gasteiger partial charge in [-0.2, -0.15) is 13.2 Å². The summed E-state index contributed by atoms with van der Waals surface area (Å²) in [6.07, 6.45) is -4.56. The molecule has 0 spiro atoms. The highest BCUT2D eigenvalue weighted by Crippen LogP contribution is 2.32. The monoisotopic (exact) mass is 412 g/mol. The van der Waals surface area contributed by atoms with Gasteiger partial charge in [-0.15, -0.1) is 11.3 Å². The standard InChI is InChI=1S/C18H15F3N2O2S2/c1-11-6-7-13(16-10-26-12(2)22-16)8-17(11)27(24,25)23-15-5-3-4-14(9-15)18(19,20)21/h3-10,23H,1-2H3. The number of anilines is 1. The molecule has 9 heteroatoms. The van der Waals surface area contributed by atoms with Gasteiger partial charge in [-0.3, -0.25) is 4.72 Å². The molecule has 0 saturated carbocycles. The molecule has 0 atom stereocenters. The van der Waals surface area contributed by atoms with Crippen LogP contribution < -0.4 is 4.72 Å². The van der Waals surface area contributed by atoms with Crippen LogP contribution in [0.3, 0.4) is 0 Å². The second-order valence-corrected chi connectivity index (χ2v) is 8.63. The number of benzene rings is 2.